The molecule has 1 nitrogen and oxygen atoms in total. The third-order valence-electron chi connectivity index (χ3n) is 2.49. The highest BCUT2D eigenvalue weighted by atomic mass is 32.1. The van der Waals surface area contributed by atoms with Crippen molar-refractivity contribution in [3.63, 3.8) is 0 Å². The highest BCUT2D eigenvalue weighted by Gasteiger charge is 2.18. The van der Waals surface area contributed by atoms with Gasteiger partial charge in [-0.05, 0) is 51.0 Å². The smallest absolute Gasteiger partial charge is 0.213 e. The molecule has 16 heavy (non-hydrogen) atoms. The molecule has 0 radical (unpaired) electrons. The van der Waals surface area contributed by atoms with Crippen LogP contribution in [0.15, 0.2) is 12.1 Å². The van der Waals surface area contributed by atoms with Gasteiger partial charge < -0.3 is 0 Å². The van der Waals surface area contributed by atoms with Gasteiger partial charge in [-0.25, -0.2) is 0 Å². The van der Waals surface area contributed by atoms with Gasteiger partial charge in [0.05, 0.1) is 9.75 Å². The lowest BCUT2D eigenvalue weighted by atomic mass is 10.1. The van der Waals surface area contributed by atoms with Crippen LogP contribution in [0.2, 0.25) is 0 Å². The Morgan fingerprint density at radius 3 is 1.50 bits per heavy atom. The van der Waals surface area contributed by atoms with Crippen LogP contribution in [0.25, 0.3) is 0 Å². The lowest BCUT2D eigenvalue weighted by Crippen LogP contribution is -1.98. The standard InChI is InChI=1S/C13H14OS2/c1-7-5-9(3)15-12(7)11(14)13-8(2)6-10(4)16-13/h5-6H,1-4H3. The van der Waals surface area contributed by atoms with Gasteiger partial charge in [0.25, 0.3) is 0 Å². The molecule has 0 fully saturated rings. The van der Waals surface area contributed by atoms with Crippen molar-refractivity contribution in [1.29, 1.82) is 0 Å². The molecular weight excluding hydrogens is 236 g/mol. The number of thiophene rings is 2. The lowest BCUT2D eigenvalue weighted by Gasteiger charge is -1.97. The quantitative estimate of drug-likeness (QED) is 0.727. The maximum absolute atomic E-state index is 12.3. The summed E-state index contributed by atoms with van der Waals surface area (Å²) in [5, 5.41) is 0. The molecule has 0 aliphatic heterocycles. The zero-order valence-corrected chi connectivity index (χ0v) is 11.5. The highest BCUT2D eigenvalue weighted by Crippen LogP contribution is 2.29. The van der Waals surface area contributed by atoms with Crippen molar-refractivity contribution in [2.75, 3.05) is 0 Å². The van der Waals surface area contributed by atoms with Crippen LogP contribution in [0.4, 0.5) is 0 Å². The van der Waals surface area contributed by atoms with Gasteiger partial charge in [0, 0.05) is 9.75 Å². The molecule has 0 spiro atoms. The normalized spacial score (nSPS) is 10.8. The summed E-state index contributed by atoms with van der Waals surface area (Å²) in [4.78, 5) is 16.5. The maximum Gasteiger partial charge on any atom is 0.213 e. The minimum Gasteiger partial charge on any atom is -0.287 e. The van der Waals surface area contributed by atoms with E-state index in [0.717, 1.165) is 20.9 Å². The fraction of sp³-hybridized carbons (Fsp3) is 0.308. The van der Waals surface area contributed by atoms with Crippen molar-refractivity contribution in [2.45, 2.75) is 27.7 Å². The minimum absolute atomic E-state index is 0.186. The van der Waals surface area contributed by atoms with Gasteiger partial charge in [-0.3, -0.25) is 4.79 Å². The summed E-state index contributed by atoms with van der Waals surface area (Å²) in [5.74, 6) is 0.186. The van der Waals surface area contributed by atoms with Crippen molar-refractivity contribution >= 4 is 28.5 Å². The van der Waals surface area contributed by atoms with E-state index in [1.807, 2.05) is 27.7 Å². The average molecular weight is 250 g/mol. The van der Waals surface area contributed by atoms with Crippen LogP contribution in [0.3, 0.4) is 0 Å². The van der Waals surface area contributed by atoms with Crippen molar-refractivity contribution in [2.24, 2.45) is 0 Å². The van der Waals surface area contributed by atoms with Gasteiger partial charge in [0.2, 0.25) is 5.78 Å². The highest BCUT2D eigenvalue weighted by molar-refractivity contribution is 7.17. The first-order valence-electron chi connectivity index (χ1n) is 5.18. The summed E-state index contributed by atoms with van der Waals surface area (Å²) >= 11 is 3.18. The number of ketones is 1. The fourth-order valence-corrected chi connectivity index (χ4v) is 3.85. The van der Waals surface area contributed by atoms with Crippen LogP contribution in [0.1, 0.15) is 35.4 Å². The molecule has 0 N–H and O–H groups in total. The second-order valence-corrected chi connectivity index (χ2v) is 6.58. The molecule has 0 unspecified atom stereocenters. The number of hydrogen-bond acceptors (Lipinski definition) is 3. The largest absolute Gasteiger partial charge is 0.287 e. The fourth-order valence-electron chi connectivity index (χ4n) is 1.84. The molecule has 0 saturated carbocycles. The third-order valence-corrected chi connectivity index (χ3v) is 4.80. The van der Waals surface area contributed by atoms with Gasteiger partial charge in [0.15, 0.2) is 0 Å². The van der Waals surface area contributed by atoms with Gasteiger partial charge in [-0.1, -0.05) is 0 Å². The Balaban J connectivity index is 2.46. The number of rotatable bonds is 2. The summed E-state index contributed by atoms with van der Waals surface area (Å²) in [6.07, 6.45) is 0. The molecule has 0 aliphatic carbocycles. The second-order valence-electron chi connectivity index (χ2n) is 4.07. The van der Waals surface area contributed by atoms with Crippen molar-refractivity contribution < 1.29 is 4.79 Å². The number of aryl methyl sites for hydroxylation is 4. The summed E-state index contributed by atoms with van der Waals surface area (Å²) in [5.41, 5.74) is 2.19. The predicted molar refractivity (Wildman–Crippen MR) is 71.0 cm³/mol. The van der Waals surface area contributed by atoms with E-state index in [0.29, 0.717) is 0 Å². The third kappa shape index (κ3) is 1.97. The number of carbonyl (C=O) groups excluding carboxylic acids is 1. The monoisotopic (exact) mass is 250 g/mol. The van der Waals surface area contributed by atoms with Gasteiger partial charge in [-0.15, -0.1) is 22.7 Å². The van der Waals surface area contributed by atoms with E-state index >= 15 is 0 Å². The Hall–Kier alpha value is -0.930. The van der Waals surface area contributed by atoms with E-state index < -0.39 is 0 Å². The zero-order valence-electron chi connectivity index (χ0n) is 9.88. The number of hydrogen-bond donors (Lipinski definition) is 0. The molecule has 2 aromatic heterocycles. The Labute approximate surface area is 104 Å². The molecule has 0 aromatic carbocycles. The second kappa shape index (κ2) is 4.15. The lowest BCUT2D eigenvalue weighted by molar-refractivity contribution is 0.104. The zero-order chi connectivity index (χ0) is 11.9. The summed E-state index contributed by atoms with van der Waals surface area (Å²) in [6.45, 7) is 8.10. The summed E-state index contributed by atoms with van der Waals surface area (Å²) < 4.78 is 0. The Morgan fingerprint density at radius 1 is 0.875 bits per heavy atom. The van der Waals surface area contributed by atoms with Crippen LogP contribution in [0, 0.1) is 27.7 Å². The molecule has 2 heterocycles. The summed E-state index contributed by atoms with van der Waals surface area (Å²) in [6, 6.07) is 4.15. The molecule has 0 amide bonds. The average Bonchev–Trinajstić information content (AvgIpc) is 2.68. The minimum atomic E-state index is 0.186. The molecule has 84 valence electrons. The van der Waals surface area contributed by atoms with E-state index in [4.69, 9.17) is 0 Å². The van der Waals surface area contributed by atoms with E-state index in [1.54, 1.807) is 22.7 Å². The first-order chi connectivity index (χ1) is 7.49. The molecular formula is C13H14OS2. The predicted octanol–water partition coefficient (Wildman–Crippen LogP) is 4.27. The van der Waals surface area contributed by atoms with E-state index in [9.17, 15) is 4.79 Å². The molecule has 0 saturated heterocycles. The molecule has 2 rings (SSSR count). The first-order valence-corrected chi connectivity index (χ1v) is 6.81. The Morgan fingerprint density at radius 2 is 1.25 bits per heavy atom. The molecule has 2 aromatic rings. The van der Waals surface area contributed by atoms with E-state index in [2.05, 4.69) is 12.1 Å². The molecule has 0 bridgehead atoms. The number of carbonyl (C=O) groups is 1. The Bertz CT molecular complexity index is 498. The van der Waals surface area contributed by atoms with Crippen LogP contribution >= 0.6 is 22.7 Å². The van der Waals surface area contributed by atoms with E-state index in [1.165, 1.54) is 9.75 Å². The van der Waals surface area contributed by atoms with Crippen molar-refractivity contribution in [3.05, 3.63) is 42.8 Å². The van der Waals surface area contributed by atoms with Crippen LogP contribution in [-0.4, -0.2) is 5.78 Å². The molecule has 3 heteroatoms. The van der Waals surface area contributed by atoms with Crippen molar-refractivity contribution in [3.8, 4) is 0 Å². The van der Waals surface area contributed by atoms with Gasteiger partial charge in [-0.2, -0.15) is 0 Å². The van der Waals surface area contributed by atoms with Gasteiger partial charge in [0.1, 0.15) is 0 Å². The molecule has 0 atom stereocenters. The SMILES string of the molecule is Cc1cc(C)c(C(=O)c2sc(C)cc2C)s1. The maximum atomic E-state index is 12.3. The molecule has 0 aliphatic rings. The van der Waals surface area contributed by atoms with Crippen molar-refractivity contribution in [1.82, 2.24) is 0 Å². The summed E-state index contributed by atoms with van der Waals surface area (Å²) in [7, 11) is 0. The Kier molecular flexibility index (Phi) is 3.00. The topological polar surface area (TPSA) is 17.1 Å². The van der Waals surface area contributed by atoms with Crippen LogP contribution < -0.4 is 0 Å². The van der Waals surface area contributed by atoms with E-state index in [-0.39, 0.29) is 5.78 Å². The van der Waals surface area contributed by atoms with Crippen LogP contribution in [-0.2, 0) is 0 Å². The van der Waals surface area contributed by atoms with Gasteiger partial charge >= 0.3 is 0 Å². The first kappa shape index (κ1) is 11.6. The van der Waals surface area contributed by atoms with Crippen LogP contribution in [0.5, 0.6) is 0 Å².